The smallest absolute Gasteiger partial charge is 0.313 e. The SMILES string of the molecule is O=[N+]([O-])c1cc(N=Nc2c(S(=O)(=O)O)cc3ccc(Nc4nc(F)nc(F)c4Cl)cc3c2O)c(O)c(S(=O)(=O)O)c1. The summed E-state index contributed by atoms with van der Waals surface area (Å²) in [6.45, 7) is 0. The molecule has 21 heteroatoms. The summed E-state index contributed by atoms with van der Waals surface area (Å²) in [7, 11) is -10.4. The van der Waals surface area contributed by atoms with E-state index < -0.39 is 86.4 Å². The number of aromatic nitrogens is 2. The number of phenolic OH excluding ortho intramolecular Hbond substituents is 2. The highest BCUT2D eigenvalue weighted by Gasteiger charge is 2.26. The molecule has 0 aliphatic heterocycles. The van der Waals surface area contributed by atoms with E-state index in [1.807, 2.05) is 0 Å². The first-order valence-corrected chi connectivity index (χ1v) is 13.6. The van der Waals surface area contributed by atoms with Crippen molar-refractivity contribution in [2.24, 2.45) is 10.2 Å². The van der Waals surface area contributed by atoms with Gasteiger partial charge < -0.3 is 15.5 Å². The van der Waals surface area contributed by atoms with Gasteiger partial charge in [0.05, 0.1) is 4.92 Å². The number of nitrogens with zero attached hydrogens (tertiary/aromatic N) is 5. The number of non-ortho nitro benzene ring substituents is 1. The number of benzene rings is 3. The number of anilines is 2. The first-order valence-electron chi connectivity index (χ1n) is 10.3. The maximum absolute atomic E-state index is 13.7. The Kier molecular flexibility index (Phi) is 7.45. The van der Waals surface area contributed by atoms with Gasteiger partial charge >= 0.3 is 6.08 Å². The predicted molar refractivity (Wildman–Crippen MR) is 134 cm³/mol. The number of phenols is 2. The van der Waals surface area contributed by atoms with Gasteiger partial charge in [0.15, 0.2) is 17.3 Å². The molecular weight excluding hydrogens is 622 g/mol. The van der Waals surface area contributed by atoms with Crippen LogP contribution in [0.2, 0.25) is 5.02 Å². The third-order valence-electron chi connectivity index (χ3n) is 5.16. The molecule has 0 bridgehead atoms. The number of halogens is 3. The predicted octanol–water partition coefficient (Wildman–Crippen LogP) is 4.53. The summed E-state index contributed by atoms with van der Waals surface area (Å²) in [6, 6.07) is 5.24. The molecule has 0 radical (unpaired) electrons. The van der Waals surface area contributed by atoms with Gasteiger partial charge in [0.25, 0.3) is 25.9 Å². The zero-order valence-electron chi connectivity index (χ0n) is 19.4. The lowest BCUT2D eigenvalue weighted by molar-refractivity contribution is -0.385. The Labute approximate surface area is 231 Å². The van der Waals surface area contributed by atoms with Crippen molar-refractivity contribution in [3.05, 3.63) is 63.6 Å². The first-order chi connectivity index (χ1) is 19.0. The molecule has 0 saturated carbocycles. The van der Waals surface area contributed by atoms with Crippen molar-refractivity contribution in [3.63, 3.8) is 0 Å². The normalized spacial score (nSPS) is 12.2. The van der Waals surface area contributed by atoms with Crippen molar-refractivity contribution in [1.29, 1.82) is 0 Å². The molecule has 1 aromatic heterocycles. The molecule has 0 unspecified atom stereocenters. The molecule has 0 aliphatic rings. The topological polar surface area (TPSA) is 255 Å². The van der Waals surface area contributed by atoms with E-state index in [2.05, 4.69) is 25.5 Å². The highest BCUT2D eigenvalue weighted by Crippen LogP contribution is 2.44. The molecule has 0 fully saturated rings. The fourth-order valence-electron chi connectivity index (χ4n) is 3.39. The Morgan fingerprint density at radius 1 is 0.927 bits per heavy atom. The summed E-state index contributed by atoms with van der Waals surface area (Å²) in [5.74, 6) is -4.19. The fourth-order valence-corrected chi connectivity index (χ4v) is 4.79. The van der Waals surface area contributed by atoms with Crippen molar-refractivity contribution in [1.82, 2.24) is 9.97 Å². The van der Waals surface area contributed by atoms with E-state index in [4.69, 9.17) is 11.6 Å². The van der Waals surface area contributed by atoms with Gasteiger partial charge in [-0.1, -0.05) is 17.7 Å². The summed E-state index contributed by atoms with van der Waals surface area (Å²) >= 11 is 5.73. The number of hydrogen-bond acceptors (Lipinski definition) is 13. The van der Waals surface area contributed by atoms with Gasteiger partial charge in [0.2, 0.25) is 5.95 Å². The van der Waals surface area contributed by atoms with Crippen molar-refractivity contribution in [2.45, 2.75) is 9.79 Å². The first kappa shape index (κ1) is 29.4. The molecule has 3 aromatic carbocycles. The van der Waals surface area contributed by atoms with Gasteiger partial charge in [-0.2, -0.15) is 35.6 Å². The minimum Gasteiger partial charge on any atom is -0.505 e. The van der Waals surface area contributed by atoms with E-state index in [-0.39, 0.29) is 16.5 Å². The average Bonchev–Trinajstić information content (AvgIpc) is 2.85. The molecule has 0 atom stereocenters. The molecule has 0 spiro atoms. The second-order valence-electron chi connectivity index (χ2n) is 7.80. The minimum absolute atomic E-state index is 0.0104. The average molecular weight is 633 g/mol. The van der Waals surface area contributed by atoms with E-state index in [0.717, 1.165) is 12.1 Å². The molecule has 1 heterocycles. The third kappa shape index (κ3) is 5.95. The molecule has 4 rings (SSSR count). The molecule has 0 aliphatic carbocycles. The molecule has 4 aromatic rings. The standard InChI is InChI=1S/C20H11ClF2N6O10S2/c21-14-18(22)25-20(23)26-19(14)24-8-2-1-7-3-12(40(34,35)36)15(16(30)10(7)4-8)28-27-11-5-9(29(32)33)6-13(17(11)31)41(37,38)39/h1-6,30-31H,(H,24,25,26)(H,34,35,36)(H,37,38,39). The Bertz CT molecular complexity index is 2030. The molecule has 0 saturated heterocycles. The lowest BCUT2D eigenvalue weighted by Crippen LogP contribution is -2.02. The summed E-state index contributed by atoms with van der Waals surface area (Å²) in [5, 5.41) is 40.6. The molecule has 16 nitrogen and oxygen atoms in total. The van der Waals surface area contributed by atoms with Gasteiger partial charge in [-0.25, -0.2) is 0 Å². The van der Waals surface area contributed by atoms with Crippen LogP contribution in [0.3, 0.4) is 0 Å². The number of azo groups is 1. The van der Waals surface area contributed by atoms with Gasteiger partial charge in [0.1, 0.15) is 26.2 Å². The Balaban J connectivity index is 1.91. The van der Waals surface area contributed by atoms with Crippen LogP contribution in [0.4, 0.5) is 37.3 Å². The van der Waals surface area contributed by atoms with Crippen molar-refractivity contribution < 1.29 is 49.9 Å². The molecule has 41 heavy (non-hydrogen) atoms. The van der Waals surface area contributed by atoms with Crippen LogP contribution >= 0.6 is 11.6 Å². The van der Waals surface area contributed by atoms with Crippen LogP contribution in [-0.2, 0) is 20.2 Å². The second kappa shape index (κ2) is 10.4. The van der Waals surface area contributed by atoms with Crippen LogP contribution in [0.25, 0.3) is 10.8 Å². The Morgan fingerprint density at radius 2 is 1.59 bits per heavy atom. The number of hydrogen-bond donors (Lipinski definition) is 5. The van der Waals surface area contributed by atoms with E-state index in [1.165, 1.54) is 12.1 Å². The van der Waals surface area contributed by atoms with E-state index in [9.17, 15) is 55.0 Å². The quantitative estimate of drug-likeness (QED) is 0.0469. The van der Waals surface area contributed by atoms with Gasteiger partial charge in [-0.3, -0.25) is 19.2 Å². The monoisotopic (exact) mass is 632 g/mol. The molecular formula is C20H11ClF2N6O10S2. The highest BCUT2D eigenvalue weighted by molar-refractivity contribution is 7.86. The lowest BCUT2D eigenvalue weighted by Gasteiger charge is -2.12. The van der Waals surface area contributed by atoms with Crippen LogP contribution in [0.15, 0.2) is 56.4 Å². The summed E-state index contributed by atoms with van der Waals surface area (Å²) in [5.41, 5.74) is -2.92. The van der Waals surface area contributed by atoms with Crippen molar-refractivity contribution >= 4 is 71.2 Å². The van der Waals surface area contributed by atoms with Gasteiger partial charge in [-0.15, -0.1) is 10.2 Å². The van der Waals surface area contributed by atoms with Gasteiger partial charge in [-0.05, 0) is 23.6 Å². The number of nitrogens with one attached hydrogen (secondary N) is 1. The highest BCUT2D eigenvalue weighted by atomic mass is 35.5. The zero-order valence-corrected chi connectivity index (χ0v) is 21.8. The number of nitro groups is 1. The number of fused-ring (bicyclic) bond motifs is 1. The van der Waals surface area contributed by atoms with Crippen LogP contribution < -0.4 is 5.32 Å². The van der Waals surface area contributed by atoms with Crippen molar-refractivity contribution in [2.75, 3.05) is 5.32 Å². The Morgan fingerprint density at radius 3 is 2.20 bits per heavy atom. The summed E-state index contributed by atoms with van der Waals surface area (Å²) in [6.07, 6.45) is -1.46. The maximum Gasteiger partial charge on any atom is 0.313 e. The largest absolute Gasteiger partial charge is 0.505 e. The fraction of sp³-hybridized carbons (Fsp3) is 0. The number of nitro benzene ring substituents is 1. The van der Waals surface area contributed by atoms with Crippen molar-refractivity contribution in [3.8, 4) is 11.5 Å². The molecule has 0 amide bonds. The number of aromatic hydroxyl groups is 2. The van der Waals surface area contributed by atoms with Crippen LogP contribution in [0.5, 0.6) is 11.5 Å². The van der Waals surface area contributed by atoms with E-state index >= 15 is 0 Å². The third-order valence-corrected chi connectivity index (χ3v) is 7.23. The van der Waals surface area contributed by atoms with Crippen LogP contribution in [0, 0.1) is 22.1 Å². The number of rotatable bonds is 7. The van der Waals surface area contributed by atoms with E-state index in [0.29, 0.717) is 12.1 Å². The lowest BCUT2D eigenvalue weighted by atomic mass is 10.1. The van der Waals surface area contributed by atoms with Crippen LogP contribution in [0.1, 0.15) is 0 Å². The summed E-state index contributed by atoms with van der Waals surface area (Å²) < 4.78 is 93.3. The second-order valence-corrected chi connectivity index (χ2v) is 11.0. The minimum atomic E-state index is -5.22. The molecule has 5 N–H and O–H groups in total. The summed E-state index contributed by atoms with van der Waals surface area (Å²) in [4.78, 5) is 13.8. The zero-order chi connectivity index (χ0) is 30.4. The van der Waals surface area contributed by atoms with E-state index in [1.54, 1.807) is 0 Å². The van der Waals surface area contributed by atoms with Crippen LogP contribution in [-0.4, -0.2) is 51.0 Å². The van der Waals surface area contributed by atoms with Gasteiger partial charge in [0, 0.05) is 23.2 Å². The maximum atomic E-state index is 13.7. The Hall–Kier alpha value is -4.63. The molecule has 214 valence electrons.